The number of hydrogen-bond donors (Lipinski definition) is 1. The van der Waals surface area contributed by atoms with Crippen LogP contribution in [0, 0.1) is 6.92 Å². The van der Waals surface area contributed by atoms with E-state index in [-0.39, 0.29) is 6.61 Å². The average Bonchev–Trinajstić information content (AvgIpc) is 3.07. The molecule has 3 rings (SSSR count). The van der Waals surface area contributed by atoms with Gasteiger partial charge in [0.1, 0.15) is 11.5 Å². The first-order chi connectivity index (χ1) is 11.7. The lowest BCUT2D eigenvalue weighted by Crippen LogP contribution is -2.02. The molecule has 124 valence electrons. The van der Waals surface area contributed by atoms with Gasteiger partial charge in [-0.05, 0) is 36.8 Å². The fraction of sp³-hybridized carbons (Fsp3) is 0.222. The fourth-order valence-electron chi connectivity index (χ4n) is 2.21. The Morgan fingerprint density at radius 3 is 2.62 bits per heavy atom. The maximum absolute atomic E-state index is 5.58. The van der Waals surface area contributed by atoms with Crippen molar-refractivity contribution in [1.29, 1.82) is 0 Å². The maximum atomic E-state index is 5.58. The number of anilines is 1. The zero-order valence-electron chi connectivity index (χ0n) is 13.7. The summed E-state index contributed by atoms with van der Waals surface area (Å²) in [6, 6.07) is 15.4. The number of ether oxygens (including phenoxy) is 2. The molecule has 0 amide bonds. The van der Waals surface area contributed by atoms with Crippen LogP contribution in [-0.4, -0.2) is 17.3 Å². The first-order valence-electron chi connectivity index (χ1n) is 7.62. The predicted octanol–water partition coefficient (Wildman–Crippen LogP) is 3.58. The molecule has 24 heavy (non-hydrogen) atoms. The van der Waals surface area contributed by atoms with Crippen LogP contribution in [0.1, 0.15) is 17.3 Å². The van der Waals surface area contributed by atoms with Crippen LogP contribution in [-0.2, 0) is 13.2 Å². The lowest BCUT2D eigenvalue weighted by atomic mass is 10.2. The number of aromatic nitrogens is 2. The highest BCUT2D eigenvalue weighted by molar-refractivity contribution is 5.57. The van der Waals surface area contributed by atoms with Crippen molar-refractivity contribution in [3.05, 3.63) is 65.9 Å². The van der Waals surface area contributed by atoms with Crippen molar-refractivity contribution >= 4 is 5.69 Å². The second-order valence-electron chi connectivity index (χ2n) is 5.25. The molecule has 1 heterocycles. The maximum Gasteiger partial charge on any atom is 0.253 e. The van der Waals surface area contributed by atoms with Crippen LogP contribution in [0.25, 0.3) is 0 Å². The van der Waals surface area contributed by atoms with Gasteiger partial charge in [0.15, 0.2) is 6.61 Å². The first-order valence-corrected chi connectivity index (χ1v) is 7.62. The molecule has 0 saturated heterocycles. The van der Waals surface area contributed by atoms with Gasteiger partial charge in [-0.2, -0.15) is 0 Å². The van der Waals surface area contributed by atoms with E-state index in [2.05, 4.69) is 15.5 Å². The molecule has 0 spiro atoms. The Morgan fingerprint density at radius 2 is 1.83 bits per heavy atom. The third kappa shape index (κ3) is 4.04. The van der Waals surface area contributed by atoms with Crippen LogP contribution >= 0.6 is 0 Å². The van der Waals surface area contributed by atoms with Crippen molar-refractivity contribution in [2.45, 2.75) is 20.1 Å². The summed E-state index contributed by atoms with van der Waals surface area (Å²) >= 11 is 0. The Bertz CT molecular complexity index is 787. The van der Waals surface area contributed by atoms with Gasteiger partial charge in [0, 0.05) is 0 Å². The van der Waals surface area contributed by atoms with Crippen molar-refractivity contribution in [3.63, 3.8) is 0 Å². The monoisotopic (exact) mass is 325 g/mol. The van der Waals surface area contributed by atoms with Crippen LogP contribution in [0.5, 0.6) is 11.5 Å². The number of benzene rings is 2. The molecule has 2 aromatic carbocycles. The normalized spacial score (nSPS) is 10.4. The van der Waals surface area contributed by atoms with Crippen molar-refractivity contribution in [3.8, 4) is 11.5 Å². The topological polar surface area (TPSA) is 69.4 Å². The second kappa shape index (κ2) is 7.50. The molecule has 0 unspecified atom stereocenters. The van der Waals surface area contributed by atoms with Gasteiger partial charge in [0.2, 0.25) is 5.89 Å². The van der Waals surface area contributed by atoms with E-state index in [0.29, 0.717) is 18.3 Å². The van der Waals surface area contributed by atoms with Crippen molar-refractivity contribution in [2.24, 2.45) is 0 Å². The van der Waals surface area contributed by atoms with Crippen LogP contribution < -0.4 is 14.8 Å². The average molecular weight is 325 g/mol. The number of hydrogen-bond acceptors (Lipinski definition) is 6. The first kappa shape index (κ1) is 15.9. The zero-order chi connectivity index (χ0) is 16.8. The van der Waals surface area contributed by atoms with Gasteiger partial charge in [-0.25, -0.2) is 0 Å². The molecular weight excluding hydrogens is 306 g/mol. The van der Waals surface area contributed by atoms with Gasteiger partial charge in [0.05, 0.1) is 19.3 Å². The quantitative estimate of drug-likeness (QED) is 0.716. The summed E-state index contributed by atoms with van der Waals surface area (Å²) in [5.41, 5.74) is 2.03. The molecule has 1 N–H and O–H groups in total. The van der Waals surface area contributed by atoms with E-state index in [1.807, 2.05) is 55.5 Å². The molecular formula is C18H19N3O3. The fourth-order valence-corrected chi connectivity index (χ4v) is 2.21. The molecule has 0 bridgehead atoms. The van der Waals surface area contributed by atoms with E-state index < -0.39 is 0 Å². The summed E-state index contributed by atoms with van der Waals surface area (Å²) in [4.78, 5) is 0. The number of nitrogens with one attached hydrogen (secondary N) is 1. The molecule has 1 aromatic heterocycles. The number of aryl methyl sites for hydroxylation is 1. The van der Waals surface area contributed by atoms with E-state index in [0.717, 1.165) is 22.7 Å². The molecule has 0 saturated carbocycles. The summed E-state index contributed by atoms with van der Waals surface area (Å²) in [7, 11) is 1.64. The van der Waals surface area contributed by atoms with Gasteiger partial charge < -0.3 is 19.2 Å². The predicted molar refractivity (Wildman–Crippen MR) is 90.1 cm³/mol. The van der Waals surface area contributed by atoms with E-state index in [4.69, 9.17) is 13.9 Å². The summed E-state index contributed by atoms with van der Waals surface area (Å²) in [5.74, 6) is 2.46. The van der Waals surface area contributed by atoms with Crippen LogP contribution in [0.2, 0.25) is 0 Å². The second-order valence-corrected chi connectivity index (χ2v) is 5.25. The summed E-state index contributed by atoms with van der Waals surface area (Å²) in [5, 5.41) is 11.3. The van der Waals surface area contributed by atoms with Gasteiger partial charge >= 0.3 is 0 Å². The Morgan fingerprint density at radius 1 is 1.04 bits per heavy atom. The Labute approximate surface area is 140 Å². The van der Waals surface area contributed by atoms with Gasteiger partial charge in [-0.1, -0.05) is 24.3 Å². The largest absolute Gasteiger partial charge is 0.495 e. The Kier molecular flexibility index (Phi) is 4.96. The number of methoxy groups -OCH3 is 1. The van der Waals surface area contributed by atoms with Crippen LogP contribution in [0.3, 0.4) is 0 Å². The van der Waals surface area contributed by atoms with E-state index >= 15 is 0 Å². The molecule has 0 radical (unpaired) electrons. The number of para-hydroxylation sites is 1. The van der Waals surface area contributed by atoms with Crippen LogP contribution in [0.15, 0.2) is 52.9 Å². The third-order valence-corrected chi connectivity index (χ3v) is 3.40. The van der Waals surface area contributed by atoms with E-state index in [1.54, 1.807) is 7.11 Å². The lowest BCUT2D eigenvalue weighted by Gasteiger charge is -2.10. The highest BCUT2D eigenvalue weighted by Crippen LogP contribution is 2.25. The molecule has 0 aliphatic heterocycles. The number of nitrogens with zero attached hydrogens (tertiary/aromatic N) is 2. The number of rotatable bonds is 7. The summed E-state index contributed by atoms with van der Waals surface area (Å²) in [6.45, 7) is 2.68. The van der Waals surface area contributed by atoms with Crippen molar-refractivity contribution in [2.75, 3.05) is 12.4 Å². The molecule has 0 atom stereocenters. The minimum Gasteiger partial charge on any atom is -0.495 e. The van der Waals surface area contributed by atoms with Gasteiger partial charge in [-0.15, -0.1) is 10.2 Å². The molecule has 0 aliphatic rings. The zero-order valence-corrected chi connectivity index (χ0v) is 13.7. The third-order valence-electron chi connectivity index (χ3n) is 3.40. The van der Waals surface area contributed by atoms with E-state index in [9.17, 15) is 0 Å². The lowest BCUT2D eigenvalue weighted by molar-refractivity contribution is 0.259. The summed E-state index contributed by atoms with van der Waals surface area (Å²) in [6.07, 6.45) is 0. The van der Waals surface area contributed by atoms with Crippen LogP contribution in [0.4, 0.5) is 5.69 Å². The molecule has 0 aliphatic carbocycles. The molecule has 3 aromatic rings. The smallest absolute Gasteiger partial charge is 0.253 e. The standard InChI is InChI=1S/C18H19N3O3/c1-13-8-9-16(22-2)15(10-13)19-11-17-20-21-18(24-17)12-23-14-6-4-3-5-7-14/h3-10,19H,11-12H2,1-2H3. The molecule has 6 nitrogen and oxygen atoms in total. The summed E-state index contributed by atoms with van der Waals surface area (Å²) < 4.78 is 16.5. The minimum atomic E-state index is 0.241. The van der Waals surface area contributed by atoms with Gasteiger partial charge in [0.25, 0.3) is 5.89 Å². The minimum absolute atomic E-state index is 0.241. The highest BCUT2D eigenvalue weighted by atomic mass is 16.5. The molecule has 6 heteroatoms. The Balaban J connectivity index is 1.57. The van der Waals surface area contributed by atoms with E-state index in [1.165, 1.54) is 0 Å². The van der Waals surface area contributed by atoms with Crippen molar-refractivity contribution < 1.29 is 13.9 Å². The highest BCUT2D eigenvalue weighted by Gasteiger charge is 2.08. The molecule has 0 fully saturated rings. The van der Waals surface area contributed by atoms with Gasteiger partial charge in [-0.3, -0.25) is 0 Å². The SMILES string of the molecule is COc1ccc(C)cc1NCc1nnc(COc2ccccc2)o1. The Hall–Kier alpha value is -3.02. The van der Waals surface area contributed by atoms with Crippen molar-refractivity contribution in [1.82, 2.24) is 10.2 Å².